The molecule has 2 aromatic rings. The summed E-state index contributed by atoms with van der Waals surface area (Å²) in [5, 5.41) is 6.40. The van der Waals surface area contributed by atoms with Crippen molar-refractivity contribution in [2.45, 2.75) is 32.2 Å². The van der Waals surface area contributed by atoms with E-state index in [1.54, 1.807) is 17.0 Å². The lowest BCUT2D eigenvalue weighted by atomic mass is 10.2. The lowest BCUT2D eigenvalue weighted by Gasteiger charge is -2.27. The third-order valence-corrected chi connectivity index (χ3v) is 5.24. The fraction of sp³-hybridized carbons (Fsp3) is 0.474. The maximum absolute atomic E-state index is 13.3. The van der Waals surface area contributed by atoms with E-state index in [-0.39, 0.29) is 11.6 Å². The number of nitrogen functional groups attached to an aromatic ring is 1. The first-order chi connectivity index (χ1) is 13.0. The predicted octanol–water partition coefficient (Wildman–Crippen LogP) is 3.30. The van der Waals surface area contributed by atoms with Crippen LogP contribution in [0.4, 0.5) is 10.1 Å². The molecule has 0 aliphatic carbocycles. The van der Waals surface area contributed by atoms with Crippen LogP contribution in [0.2, 0.25) is 5.02 Å². The summed E-state index contributed by atoms with van der Waals surface area (Å²) in [6.45, 7) is 3.72. The molecule has 1 amide bonds. The number of nitrogens with two attached hydrogens (primary N) is 1. The Balaban J connectivity index is 1.74. The number of halogens is 2. The van der Waals surface area contributed by atoms with Crippen LogP contribution in [-0.4, -0.2) is 52.1 Å². The summed E-state index contributed by atoms with van der Waals surface area (Å²) in [4.78, 5) is 16.9. The molecule has 3 rings (SSSR count). The number of nitrogens with one attached hydrogen (secondary N) is 1. The van der Waals surface area contributed by atoms with Crippen molar-refractivity contribution in [2.75, 3.05) is 31.9 Å². The van der Waals surface area contributed by atoms with Gasteiger partial charge in [-0.3, -0.25) is 9.89 Å². The van der Waals surface area contributed by atoms with Gasteiger partial charge in [0.15, 0.2) is 0 Å². The Morgan fingerprint density at radius 2 is 2.00 bits per heavy atom. The van der Waals surface area contributed by atoms with E-state index in [0.717, 1.165) is 31.3 Å². The molecule has 1 fully saturated rings. The first-order valence-electron chi connectivity index (χ1n) is 9.29. The number of benzene rings is 1. The van der Waals surface area contributed by atoms with Gasteiger partial charge in [-0.15, -0.1) is 5.10 Å². The first-order valence-corrected chi connectivity index (χ1v) is 9.67. The molecule has 0 atom stereocenters. The van der Waals surface area contributed by atoms with Crippen molar-refractivity contribution in [3.8, 4) is 0 Å². The van der Waals surface area contributed by atoms with Gasteiger partial charge in [0.2, 0.25) is 5.95 Å². The van der Waals surface area contributed by atoms with E-state index in [4.69, 9.17) is 17.3 Å². The number of hydrogen-bond donors (Lipinski definition) is 2. The maximum Gasteiger partial charge on any atom is 0.272 e. The zero-order valence-electron chi connectivity index (χ0n) is 15.3. The number of amides is 1. The zero-order chi connectivity index (χ0) is 19.2. The van der Waals surface area contributed by atoms with Gasteiger partial charge in [0.05, 0.1) is 0 Å². The third kappa shape index (κ3) is 5.43. The van der Waals surface area contributed by atoms with Gasteiger partial charge in [-0.25, -0.2) is 0 Å². The molecule has 0 spiro atoms. The van der Waals surface area contributed by atoms with E-state index in [9.17, 15) is 9.18 Å². The number of rotatable bonds is 6. The molecular formula is C19H25ClFN5O. The SMILES string of the molecule is Nc1ccc(CN(CCN2CCCCCC2)C(=O)c2cc(F)n[nH]2)c(Cl)c1. The van der Waals surface area contributed by atoms with E-state index < -0.39 is 5.95 Å². The van der Waals surface area contributed by atoms with Gasteiger partial charge in [0.25, 0.3) is 5.91 Å². The van der Waals surface area contributed by atoms with E-state index in [2.05, 4.69) is 15.1 Å². The number of aromatic nitrogens is 2. The molecule has 1 aromatic carbocycles. The van der Waals surface area contributed by atoms with Crippen LogP contribution in [-0.2, 0) is 6.54 Å². The van der Waals surface area contributed by atoms with Crippen molar-refractivity contribution in [2.24, 2.45) is 0 Å². The van der Waals surface area contributed by atoms with E-state index in [1.807, 2.05) is 6.07 Å². The molecule has 1 aromatic heterocycles. The Hall–Kier alpha value is -2.12. The van der Waals surface area contributed by atoms with Crippen molar-refractivity contribution >= 4 is 23.2 Å². The highest BCUT2D eigenvalue weighted by Gasteiger charge is 2.21. The topological polar surface area (TPSA) is 78.2 Å². The number of aromatic amines is 1. The van der Waals surface area contributed by atoms with Crippen LogP contribution in [0, 0.1) is 5.95 Å². The summed E-state index contributed by atoms with van der Waals surface area (Å²) < 4.78 is 13.3. The van der Waals surface area contributed by atoms with E-state index in [1.165, 1.54) is 25.7 Å². The Kier molecular flexibility index (Phi) is 6.68. The molecule has 0 bridgehead atoms. The van der Waals surface area contributed by atoms with Gasteiger partial charge in [-0.1, -0.05) is 30.5 Å². The van der Waals surface area contributed by atoms with Crippen molar-refractivity contribution in [1.29, 1.82) is 0 Å². The van der Waals surface area contributed by atoms with Gasteiger partial charge in [0.1, 0.15) is 5.69 Å². The molecule has 146 valence electrons. The lowest BCUT2D eigenvalue weighted by molar-refractivity contribution is 0.0716. The van der Waals surface area contributed by atoms with Crippen LogP contribution in [0.25, 0.3) is 0 Å². The molecule has 0 saturated carbocycles. The Bertz CT molecular complexity index is 773. The van der Waals surface area contributed by atoms with Gasteiger partial charge >= 0.3 is 0 Å². The van der Waals surface area contributed by atoms with Crippen molar-refractivity contribution in [3.05, 3.63) is 46.5 Å². The molecule has 8 heteroatoms. The summed E-state index contributed by atoms with van der Waals surface area (Å²) in [5.74, 6) is -0.995. The molecule has 1 aliphatic heterocycles. The van der Waals surface area contributed by atoms with Crippen LogP contribution in [0.3, 0.4) is 0 Å². The minimum absolute atomic E-state index is 0.134. The van der Waals surface area contributed by atoms with Crippen molar-refractivity contribution in [1.82, 2.24) is 20.0 Å². The van der Waals surface area contributed by atoms with Gasteiger partial charge in [-0.2, -0.15) is 4.39 Å². The van der Waals surface area contributed by atoms with Gasteiger partial charge < -0.3 is 15.5 Å². The minimum atomic E-state index is -0.698. The minimum Gasteiger partial charge on any atom is -0.399 e. The average Bonchev–Trinajstić information content (AvgIpc) is 2.91. The molecule has 1 saturated heterocycles. The highest BCUT2D eigenvalue weighted by Crippen LogP contribution is 2.21. The Labute approximate surface area is 163 Å². The zero-order valence-corrected chi connectivity index (χ0v) is 16.0. The summed E-state index contributed by atoms with van der Waals surface area (Å²) in [6, 6.07) is 6.36. The molecule has 0 radical (unpaired) electrons. The quantitative estimate of drug-likeness (QED) is 0.738. The lowest BCUT2D eigenvalue weighted by Crippen LogP contribution is -2.39. The largest absolute Gasteiger partial charge is 0.399 e. The number of H-pyrrole nitrogens is 1. The molecular weight excluding hydrogens is 369 g/mol. The summed E-state index contributed by atoms with van der Waals surface area (Å²) in [6.07, 6.45) is 4.88. The summed E-state index contributed by atoms with van der Waals surface area (Å²) >= 11 is 6.29. The number of nitrogens with zero attached hydrogens (tertiary/aromatic N) is 3. The highest BCUT2D eigenvalue weighted by atomic mass is 35.5. The summed E-state index contributed by atoms with van der Waals surface area (Å²) in [7, 11) is 0. The number of anilines is 1. The molecule has 3 N–H and O–H groups in total. The fourth-order valence-electron chi connectivity index (χ4n) is 3.35. The predicted molar refractivity (Wildman–Crippen MR) is 104 cm³/mol. The summed E-state index contributed by atoms with van der Waals surface area (Å²) in [5.41, 5.74) is 7.26. The van der Waals surface area contributed by atoms with Crippen LogP contribution in [0.1, 0.15) is 41.7 Å². The normalized spacial score (nSPS) is 15.5. The van der Waals surface area contributed by atoms with Crippen LogP contribution in [0.15, 0.2) is 24.3 Å². The average molecular weight is 394 g/mol. The monoisotopic (exact) mass is 393 g/mol. The molecule has 1 aliphatic rings. The maximum atomic E-state index is 13.3. The Morgan fingerprint density at radius 1 is 1.26 bits per heavy atom. The van der Waals surface area contributed by atoms with Crippen molar-refractivity contribution < 1.29 is 9.18 Å². The standard InChI is InChI=1S/C19H25ClFN5O/c20-16-11-15(22)6-5-14(16)13-26(19(27)17-12-18(21)24-23-17)10-9-25-7-3-1-2-4-8-25/h5-6,11-12H,1-4,7-10,13,22H2,(H,23,24). The van der Waals surface area contributed by atoms with Crippen molar-refractivity contribution in [3.63, 3.8) is 0 Å². The number of carbonyl (C=O) groups is 1. The molecule has 6 nitrogen and oxygen atoms in total. The molecule has 0 unspecified atom stereocenters. The number of hydrogen-bond acceptors (Lipinski definition) is 4. The third-order valence-electron chi connectivity index (χ3n) is 4.89. The number of likely N-dealkylation sites (tertiary alicyclic amines) is 1. The first kappa shape index (κ1) is 19.6. The smallest absolute Gasteiger partial charge is 0.272 e. The second kappa shape index (κ2) is 9.19. The molecule has 27 heavy (non-hydrogen) atoms. The Morgan fingerprint density at radius 3 is 2.63 bits per heavy atom. The molecule has 2 heterocycles. The van der Waals surface area contributed by atoms with Gasteiger partial charge in [-0.05, 0) is 43.6 Å². The van der Waals surface area contributed by atoms with E-state index >= 15 is 0 Å². The van der Waals surface area contributed by atoms with Gasteiger partial charge in [0, 0.05) is 36.4 Å². The highest BCUT2D eigenvalue weighted by molar-refractivity contribution is 6.31. The van der Waals surface area contributed by atoms with Crippen LogP contribution >= 0.6 is 11.6 Å². The van der Waals surface area contributed by atoms with Crippen LogP contribution in [0.5, 0.6) is 0 Å². The van der Waals surface area contributed by atoms with E-state index in [0.29, 0.717) is 23.8 Å². The van der Waals surface area contributed by atoms with Crippen LogP contribution < -0.4 is 5.73 Å². The fourth-order valence-corrected chi connectivity index (χ4v) is 3.60. The number of carbonyl (C=O) groups excluding carboxylic acids is 1. The second-order valence-corrected chi connectivity index (χ2v) is 7.34. The second-order valence-electron chi connectivity index (χ2n) is 6.94.